The zero-order valence-corrected chi connectivity index (χ0v) is 9.30. The molecule has 1 heterocycles. The summed E-state index contributed by atoms with van der Waals surface area (Å²) >= 11 is 5.78. The lowest BCUT2D eigenvalue weighted by Gasteiger charge is -2.10. The third-order valence-corrected chi connectivity index (χ3v) is 2.28. The molecule has 0 saturated carbocycles. The summed E-state index contributed by atoms with van der Waals surface area (Å²) in [7, 11) is 0. The van der Waals surface area contributed by atoms with E-state index in [-0.39, 0.29) is 0 Å². The summed E-state index contributed by atoms with van der Waals surface area (Å²) in [5.41, 5.74) is 7.13. The fraction of sp³-hybridized carbons (Fsp3) is 0.500. The van der Waals surface area contributed by atoms with Crippen molar-refractivity contribution in [2.24, 2.45) is 5.92 Å². The molecule has 0 amide bonds. The van der Waals surface area contributed by atoms with Crippen molar-refractivity contribution in [2.75, 3.05) is 17.6 Å². The van der Waals surface area contributed by atoms with Gasteiger partial charge >= 0.3 is 0 Å². The Bertz CT molecular complexity index is 299. The van der Waals surface area contributed by atoms with Crippen LogP contribution in [0.4, 0.5) is 11.4 Å². The molecule has 0 aliphatic carbocycles. The zero-order valence-electron chi connectivity index (χ0n) is 8.55. The topological polar surface area (TPSA) is 50.9 Å². The Labute approximate surface area is 89.7 Å². The number of pyridine rings is 1. The number of aromatic nitrogens is 1. The van der Waals surface area contributed by atoms with Gasteiger partial charge in [0, 0.05) is 12.7 Å². The van der Waals surface area contributed by atoms with Gasteiger partial charge in [-0.3, -0.25) is 0 Å². The summed E-state index contributed by atoms with van der Waals surface area (Å²) in [6.45, 7) is 5.28. The van der Waals surface area contributed by atoms with Crippen LogP contribution < -0.4 is 11.1 Å². The van der Waals surface area contributed by atoms with Crippen molar-refractivity contribution in [3.63, 3.8) is 0 Å². The van der Waals surface area contributed by atoms with Gasteiger partial charge in [0.2, 0.25) is 0 Å². The number of nitrogens with two attached hydrogens (primary N) is 1. The zero-order chi connectivity index (χ0) is 10.6. The van der Waals surface area contributed by atoms with Crippen LogP contribution in [0.2, 0.25) is 5.15 Å². The summed E-state index contributed by atoms with van der Waals surface area (Å²) in [5, 5.41) is 3.60. The lowest BCUT2D eigenvalue weighted by molar-refractivity contribution is 0.607. The van der Waals surface area contributed by atoms with Gasteiger partial charge < -0.3 is 11.1 Å². The van der Waals surface area contributed by atoms with Crippen LogP contribution in [0.5, 0.6) is 0 Å². The van der Waals surface area contributed by atoms with Gasteiger partial charge in [-0.1, -0.05) is 25.4 Å². The van der Waals surface area contributed by atoms with Crippen molar-refractivity contribution < 1.29 is 0 Å². The first-order valence-electron chi connectivity index (χ1n) is 4.75. The molecule has 0 saturated heterocycles. The Morgan fingerprint density at radius 1 is 1.57 bits per heavy atom. The summed E-state index contributed by atoms with van der Waals surface area (Å²) < 4.78 is 0. The molecule has 0 aliphatic rings. The van der Waals surface area contributed by atoms with E-state index in [0.29, 0.717) is 16.8 Å². The molecule has 1 aromatic heterocycles. The highest BCUT2D eigenvalue weighted by Crippen LogP contribution is 2.24. The minimum absolute atomic E-state index is 0.361. The van der Waals surface area contributed by atoms with Crippen molar-refractivity contribution >= 4 is 23.0 Å². The first kappa shape index (κ1) is 11.1. The van der Waals surface area contributed by atoms with Crippen LogP contribution in [-0.4, -0.2) is 11.5 Å². The van der Waals surface area contributed by atoms with E-state index in [1.807, 2.05) is 6.07 Å². The lowest BCUT2D eigenvalue weighted by atomic mass is 10.1. The standard InChI is InChI=1S/C10H16ClN3/c1-7(2)3-5-13-8-4-6-14-10(11)9(8)12/h4,6-7H,3,5,12H2,1-2H3,(H,13,14). The Kier molecular flexibility index (Phi) is 4.01. The number of nitrogen functional groups attached to an aromatic ring is 1. The van der Waals surface area contributed by atoms with Gasteiger partial charge in [-0.2, -0.15) is 0 Å². The summed E-state index contributed by atoms with van der Waals surface area (Å²) in [6, 6.07) is 1.83. The first-order valence-corrected chi connectivity index (χ1v) is 5.13. The van der Waals surface area contributed by atoms with E-state index in [1.165, 1.54) is 0 Å². The van der Waals surface area contributed by atoms with Crippen molar-refractivity contribution in [3.8, 4) is 0 Å². The molecule has 0 spiro atoms. The Morgan fingerprint density at radius 3 is 2.93 bits per heavy atom. The van der Waals surface area contributed by atoms with E-state index in [0.717, 1.165) is 18.7 Å². The quantitative estimate of drug-likeness (QED) is 0.757. The van der Waals surface area contributed by atoms with Gasteiger partial charge in [-0.25, -0.2) is 4.98 Å². The normalized spacial score (nSPS) is 10.6. The van der Waals surface area contributed by atoms with E-state index < -0.39 is 0 Å². The van der Waals surface area contributed by atoms with Crippen LogP contribution in [-0.2, 0) is 0 Å². The molecule has 0 bridgehead atoms. The van der Waals surface area contributed by atoms with Crippen molar-refractivity contribution in [1.82, 2.24) is 4.98 Å². The molecule has 3 nitrogen and oxygen atoms in total. The lowest BCUT2D eigenvalue weighted by Crippen LogP contribution is -2.07. The minimum atomic E-state index is 0.361. The van der Waals surface area contributed by atoms with Gasteiger partial charge in [0.05, 0.1) is 11.4 Å². The second-order valence-corrected chi connectivity index (χ2v) is 4.03. The number of halogens is 1. The second kappa shape index (κ2) is 5.05. The first-order chi connectivity index (χ1) is 6.61. The highest BCUT2D eigenvalue weighted by atomic mass is 35.5. The van der Waals surface area contributed by atoms with Crippen molar-refractivity contribution in [1.29, 1.82) is 0 Å². The van der Waals surface area contributed by atoms with Crippen molar-refractivity contribution in [2.45, 2.75) is 20.3 Å². The maximum Gasteiger partial charge on any atom is 0.153 e. The fourth-order valence-electron chi connectivity index (χ4n) is 1.10. The molecular formula is C10H16ClN3. The number of nitrogens with zero attached hydrogens (tertiary/aromatic N) is 1. The van der Waals surface area contributed by atoms with Crippen LogP contribution in [0.3, 0.4) is 0 Å². The predicted octanol–water partition coefficient (Wildman–Crippen LogP) is 2.78. The summed E-state index contributed by atoms with van der Waals surface area (Å²) in [5.74, 6) is 0.682. The maximum atomic E-state index is 5.78. The second-order valence-electron chi connectivity index (χ2n) is 3.67. The Hall–Kier alpha value is -0.960. The molecule has 0 aromatic carbocycles. The average Bonchev–Trinajstić information content (AvgIpc) is 2.12. The summed E-state index contributed by atoms with van der Waals surface area (Å²) in [4.78, 5) is 3.88. The van der Waals surface area contributed by atoms with Crippen LogP contribution in [0, 0.1) is 5.92 Å². The Morgan fingerprint density at radius 2 is 2.29 bits per heavy atom. The van der Waals surface area contributed by atoms with Crippen LogP contribution >= 0.6 is 11.6 Å². The molecule has 3 N–H and O–H groups in total. The average molecular weight is 214 g/mol. The van der Waals surface area contributed by atoms with E-state index in [1.54, 1.807) is 6.20 Å². The molecule has 78 valence electrons. The van der Waals surface area contributed by atoms with E-state index in [2.05, 4.69) is 24.1 Å². The number of anilines is 2. The van der Waals surface area contributed by atoms with Crippen LogP contribution in [0.15, 0.2) is 12.3 Å². The predicted molar refractivity (Wildman–Crippen MR) is 61.6 cm³/mol. The SMILES string of the molecule is CC(C)CCNc1ccnc(Cl)c1N. The van der Waals surface area contributed by atoms with Gasteiger partial charge in [-0.05, 0) is 18.4 Å². The highest BCUT2D eigenvalue weighted by molar-refractivity contribution is 6.32. The fourth-order valence-corrected chi connectivity index (χ4v) is 1.26. The van der Waals surface area contributed by atoms with E-state index >= 15 is 0 Å². The summed E-state index contributed by atoms with van der Waals surface area (Å²) in [6.07, 6.45) is 2.76. The third kappa shape index (κ3) is 3.07. The van der Waals surface area contributed by atoms with Crippen LogP contribution in [0.25, 0.3) is 0 Å². The molecule has 14 heavy (non-hydrogen) atoms. The van der Waals surface area contributed by atoms with Gasteiger partial charge in [0.25, 0.3) is 0 Å². The monoisotopic (exact) mass is 213 g/mol. The van der Waals surface area contributed by atoms with E-state index in [9.17, 15) is 0 Å². The highest BCUT2D eigenvalue weighted by Gasteiger charge is 2.03. The number of rotatable bonds is 4. The molecule has 0 fully saturated rings. The minimum Gasteiger partial charge on any atom is -0.395 e. The van der Waals surface area contributed by atoms with E-state index in [4.69, 9.17) is 17.3 Å². The van der Waals surface area contributed by atoms with Gasteiger partial charge in [0.15, 0.2) is 5.15 Å². The largest absolute Gasteiger partial charge is 0.395 e. The Balaban J connectivity index is 2.54. The molecule has 4 heteroatoms. The molecule has 1 rings (SSSR count). The molecule has 0 radical (unpaired) electrons. The third-order valence-electron chi connectivity index (χ3n) is 1.98. The number of nitrogens with one attached hydrogen (secondary N) is 1. The maximum absolute atomic E-state index is 5.78. The molecule has 1 aromatic rings. The molecule has 0 aliphatic heterocycles. The van der Waals surface area contributed by atoms with Crippen molar-refractivity contribution in [3.05, 3.63) is 17.4 Å². The van der Waals surface area contributed by atoms with Gasteiger partial charge in [0.1, 0.15) is 0 Å². The molecule has 0 unspecified atom stereocenters. The van der Waals surface area contributed by atoms with Crippen LogP contribution in [0.1, 0.15) is 20.3 Å². The number of hydrogen-bond acceptors (Lipinski definition) is 3. The smallest absolute Gasteiger partial charge is 0.153 e. The van der Waals surface area contributed by atoms with Gasteiger partial charge in [-0.15, -0.1) is 0 Å². The molecular weight excluding hydrogens is 198 g/mol. The number of hydrogen-bond donors (Lipinski definition) is 2. The molecule has 0 atom stereocenters.